The lowest BCUT2D eigenvalue weighted by molar-refractivity contribution is -0.122. The van der Waals surface area contributed by atoms with E-state index in [2.05, 4.69) is 26.2 Å². The summed E-state index contributed by atoms with van der Waals surface area (Å²) in [7, 11) is 0. The number of aromatic nitrogens is 2. The number of carbonyl (C=O) groups excluding carboxylic acids is 1. The number of amides is 1. The van der Waals surface area contributed by atoms with Crippen molar-refractivity contribution < 1.29 is 4.79 Å². The summed E-state index contributed by atoms with van der Waals surface area (Å²) in [6.45, 7) is 7.61. The average Bonchev–Trinajstić information content (AvgIpc) is 2.38. The van der Waals surface area contributed by atoms with Gasteiger partial charge in [0.25, 0.3) is 0 Å². The average molecular weight is 330 g/mol. The van der Waals surface area contributed by atoms with E-state index in [-0.39, 0.29) is 18.5 Å². The van der Waals surface area contributed by atoms with Gasteiger partial charge in [0.05, 0.1) is 10.2 Å². The van der Waals surface area contributed by atoms with E-state index in [1.54, 1.807) is 13.8 Å². The van der Waals surface area contributed by atoms with Gasteiger partial charge in [-0.25, -0.2) is 4.79 Å². The highest BCUT2D eigenvalue weighted by Gasteiger charge is 2.14. The fraction of sp³-hybridized carbons (Fsp3) is 0.615. The molecule has 1 heterocycles. The Bertz CT molecular complexity index is 521. The largest absolute Gasteiger partial charge is 0.352 e. The van der Waals surface area contributed by atoms with E-state index in [0.29, 0.717) is 5.69 Å². The minimum absolute atomic E-state index is 0.00699. The van der Waals surface area contributed by atoms with E-state index in [1.807, 2.05) is 13.8 Å². The van der Waals surface area contributed by atoms with Crippen molar-refractivity contribution in [1.82, 2.24) is 14.9 Å². The van der Waals surface area contributed by atoms with Gasteiger partial charge in [0.2, 0.25) is 5.91 Å². The third kappa shape index (κ3) is 3.89. The molecular formula is C13H20BrN3O2. The number of carbonyl (C=O) groups is 1. The highest BCUT2D eigenvalue weighted by molar-refractivity contribution is 9.10. The predicted octanol–water partition coefficient (Wildman–Crippen LogP) is 1.93. The van der Waals surface area contributed by atoms with Gasteiger partial charge in [-0.2, -0.15) is 4.98 Å². The molecule has 5 nitrogen and oxygen atoms in total. The summed E-state index contributed by atoms with van der Waals surface area (Å²) in [5.74, 6) is -0.156. The van der Waals surface area contributed by atoms with E-state index in [9.17, 15) is 9.59 Å². The fourth-order valence-corrected chi connectivity index (χ4v) is 2.18. The Balaban J connectivity index is 2.92. The fourth-order valence-electron chi connectivity index (χ4n) is 1.87. The maximum atomic E-state index is 11.9. The lowest BCUT2D eigenvalue weighted by atomic mass is 10.2. The van der Waals surface area contributed by atoms with Crippen molar-refractivity contribution in [1.29, 1.82) is 0 Å². The number of rotatable bonds is 5. The number of hydrogen-bond acceptors (Lipinski definition) is 3. The van der Waals surface area contributed by atoms with E-state index < -0.39 is 5.69 Å². The molecule has 0 aliphatic rings. The zero-order chi connectivity index (χ0) is 14.6. The maximum Gasteiger partial charge on any atom is 0.348 e. The quantitative estimate of drug-likeness (QED) is 0.897. The molecule has 0 fully saturated rings. The highest BCUT2D eigenvalue weighted by atomic mass is 79.9. The second kappa shape index (κ2) is 6.84. The van der Waals surface area contributed by atoms with E-state index in [1.165, 1.54) is 4.57 Å². The number of nitrogens with zero attached hydrogens (tertiary/aromatic N) is 2. The molecule has 0 aliphatic carbocycles. The van der Waals surface area contributed by atoms with Crippen molar-refractivity contribution in [3.63, 3.8) is 0 Å². The summed E-state index contributed by atoms with van der Waals surface area (Å²) in [6, 6.07) is 0.158. The molecule has 106 valence electrons. The number of nitrogens with one attached hydrogen (secondary N) is 1. The summed E-state index contributed by atoms with van der Waals surface area (Å²) in [5.41, 5.74) is 0.967. The van der Waals surface area contributed by atoms with Crippen molar-refractivity contribution in [2.24, 2.45) is 0 Å². The van der Waals surface area contributed by atoms with Crippen LogP contribution in [0.4, 0.5) is 0 Å². The molecule has 0 spiro atoms. The van der Waals surface area contributed by atoms with Gasteiger partial charge in [0, 0.05) is 11.7 Å². The van der Waals surface area contributed by atoms with Crippen molar-refractivity contribution in [2.45, 2.75) is 53.1 Å². The third-order valence-electron chi connectivity index (χ3n) is 3.19. The Morgan fingerprint density at radius 1 is 1.37 bits per heavy atom. The lowest BCUT2D eigenvalue weighted by Crippen LogP contribution is -2.39. The molecule has 0 aliphatic heterocycles. The summed E-state index contributed by atoms with van der Waals surface area (Å²) < 4.78 is 2.15. The molecule has 0 atom stereocenters. The van der Waals surface area contributed by atoms with Gasteiger partial charge in [-0.1, -0.05) is 13.8 Å². The van der Waals surface area contributed by atoms with Gasteiger partial charge in [-0.05, 0) is 42.6 Å². The Labute approximate surface area is 121 Å². The zero-order valence-electron chi connectivity index (χ0n) is 11.8. The van der Waals surface area contributed by atoms with Crippen LogP contribution in [0.1, 0.15) is 38.1 Å². The topological polar surface area (TPSA) is 64.0 Å². The first kappa shape index (κ1) is 15.9. The normalized spacial score (nSPS) is 10.8. The molecule has 0 saturated carbocycles. The van der Waals surface area contributed by atoms with E-state index in [0.717, 1.165) is 23.0 Å². The molecule has 19 heavy (non-hydrogen) atoms. The Kier molecular flexibility index (Phi) is 5.72. The Morgan fingerprint density at radius 3 is 2.47 bits per heavy atom. The second-order valence-corrected chi connectivity index (χ2v) is 5.34. The summed E-state index contributed by atoms with van der Waals surface area (Å²) >= 11 is 3.38. The van der Waals surface area contributed by atoms with Crippen LogP contribution in [0.15, 0.2) is 9.27 Å². The third-order valence-corrected chi connectivity index (χ3v) is 4.33. The van der Waals surface area contributed by atoms with Gasteiger partial charge in [0.15, 0.2) is 0 Å². The molecular weight excluding hydrogens is 310 g/mol. The van der Waals surface area contributed by atoms with Crippen LogP contribution in [-0.2, 0) is 11.3 Å². The number of halogens is 1. The van der Waals surface area contributed by atoms with Crippen molar-refractivity contribution in [3.05, 3.63) is 26.3 Å². The summed E-state index contributed by atoms with van der Waals surface area (Å²) in [6.07, 6.45) is 1.76. The molecule has 1 amide bonds. The minimum Gasteiger partial charge on any atom is -0.352 e. The highest BCUT2D eigenvalue weighted by Crippen LogP contribution is 2.16. The molecule has 0 aromatic carbocycles. The van der Waals surface area contributed by atoms with Crippen LogP contribution in [0.25, 0.3) is 0 Å². The maximum absolute atomic E-state index is 11.9. The lowest BCUT2D eigenvalue weighted by Gasteiger charge is -2.16. The first-order valence-corrected chi connectivity index (χ1v) is 7.22. The molecule has 1 N–H and O–H groups in total. The van der Waals surface area contributed by atoms with Gasteiger partial charge in [-0.3, -0.25) is 9.36 Å². The Morgan fingerprint density at radius 2 is 1.95 bits per heavy atom. The first-order chi connectivity index (χ1) is 8.90. The number of aryl methyl sites for hydroxylation is 1. The van der Waals surface area contributed by atoms with Crippen molar-refractivity contribution in [3.8, 4) is 0 Å². The minimum atomic E-state index is -0.391. The SMILES string of the molecule is CCC(CC)NC(=O)Cn1c(C)c(Br)c(C)nc1=O. The van der Waals surface area contributed by atoms with E-state index in [4.69, 9.17) is 0 Å². The molecule has 1 rings (SSSR count). The summed E-state index contributed by atoms with van der Waals surface area (Å²) in [4.78, 5) is 27.6. The van der Waals surface area contributed by atoms with Gasteiger partial charge >= 0.3 is 5.69 Å². The predicted molar refractivity (Wildman–Crippen MR) is 78.2 cm³/mol. The summed E-state index contributed by atoms with van der Waals surface area (Å²) in [5, 5.41) is 2.91. The van der Waals surface area contributed by atoms with Crippen molar-refractivity contribution >= 4 is 21.8 Å². The molecule has 0 saturated heterocycles. The van der Waals surface area contributed by atoms with Gasteiger partial charge in [0.1, 0.15) is 6.54 Å². The standard InChI is InChI=1S/C13H20BrN3O2/c1-5-10(6-2)16-11(18)7-17-9(4)12(14)8(3)15-13(17)19/h10H,5-7H2,1-4H3,(H,16,18). The smallest absolute Gasteiger partial charge is 0.348 e. The molecule has 0 unspecified atom stereocenters. The van der Waals surface area contributed by atoms with Crippen molar-refractivity contribution in [2.75, 3.05) is 0 Å². The second-order valence-electron chi connectivity index (χ2n) is 4.55. The van der Waals surface area contributed by atoms with Crippen LogP contribution in [-0.4, -0.2) is 21.5 Å². The van der Waals surface area contributed by atoms with Gasteiger partial charge in [-0.15, -0.1) is 0 Å². The first-order valence-electron chi connectivity index (χ1n) is 6.43. The molecule has 1 aromatic rings. The Hall–Kier alpha value is -1.17. The molecule has 6 heteroatoms. The van der Waals surface area contributed by atoms with Crippen LogP contribution < -0.4 is 11.0 Å². The molecule has 0 bridgehead atoms. The monoisotopic (exact) mass is 329 g/mol. The molecule has 0 radical (unpaired) electrons. The van der Waals surface area contributed by atoms with Crippen LogP contribution in [0.5, 0.6) is 0 Å². The zero-order valence-corrected chi connectivity index (χ0v) is 13.4. The van der Waals surface area contributed by atoms with Crippen LogP contribution in [0.2, 0.25) is 0 Å². The molecule has 1 aromatic heterocycles. The number of hydrogen-bond donors (Lipinski definition) is 1. The van der Waals surface area contributed by atoms with E-state index >= 15 is 0 Å². The van der Waals surface area contributed by atoms with Crippen LogP contribution in [0.3, 0.4) is 0 Å². The van der Waals surface area contributed by atoms with Crippen LogP contribution >= 0.6 is 15.9 Å². The van der Waals surface area contributed by atoms with Crippen LogP contribution in [0, 0.1) is 13.8 Å². The van der Waals surface area contributed by atoms with Gasteiger partial charge < -0.3 is 5.32 Å².